The molecule has 0 aromatic carbocycles. The van der Waals surface area contributed by atoms with Crippen LogP contribution in [0.15, 0.2) is 24.3 Å². The zero-order valence-electron chi connectivity index (χ0n) is 42.3. The van der Waals surface area contributed by atoms with E-state index in [1.807, 2.05) is 0 Å². The van der Waals surface area contributed by atoms with Crippen molar-refractivity contribution in [1.29, 1.82) is 0 Å². The van der Waals surface area contributed by atoms with E-state index in [1.165, 1.54) is 218 Å². The van der Waals surface area contributed by atoms with Crippen molar-refractivity contribution in [3.8, 4) is 0 Å². The molecule has 0 saturated carbocycles. The molecule has 63 heavy (non-hydrogen) atoms. The summed E-state index contributed by atoms with van der Waals surface area (Å²) in [7, 11) is 0. The fourth-order valence-electron chi connectivity index (χ4n) is 8.67. The molecule has 0 aliphatic carbocycles. The molecule has 0 heterocycles. The number of carbonyl (C=O) groups excluding carboxylic acids is 2. The van der Waals surface area contributed by atoms with E-state index >= 15 is 0 Å². The lowest BCUT2D eigenvalue weighted by atomic mass is 10.0. The first-order chi connectivity index (χ1) is 31.0. The van der Waals surface area contributed by atoms with E-state index < -0.39 is 12.1 Å². The Balaban J connectivity index is 3.38. The summed E-state index contributed by atoms with van der Waals surface area (Å²) in [6.45, 7) is 4.92. The number of unbranched alkanes of at least 4 members (excludes halogenated alkanes) is 37. The minimum Gasteiger partial charge on any atom is -0.466 e. The van der Waals surface area contributed by atoms with Crippen LogP contribution in [0.3, 0.4) is 0 Å². The largest absolute Gasteiger partial charge is 0.466 e. The second kappa shape index (κ2) is 53.0. The Hall–Kier alpha value is -1.66. The van der Waals surface area contributed by atoms with Crippen LogP contribution in [0.25, 0.3) is 0 Å². The van der Waals surface area contributed by atoms with Crippen LogP contribution in [0.5, 0.6) is 0 Å². The van der Waals surface area contributed by atoms with Gasteiger partial charge in [0.2, 0.25) is 5.91 Å². The van der Waals surface area contributed by atoms with Gasteiger partial charge in [0, 0.05) is 12.8 Å². The van der Waals surface area contributed by atoms with E-state index in [0.29, 0.717) is 25.9 Å². The maximum atomic E-state index is 12.4. The first kappa shape index (κ1) is 61.3. The maximum Gasteiger partial charge on any atom is 0.305 e. The number of aliphatic hydroxyl groups excluding tert-OH is 2. The zero-order chi connectivity index (χ0) is 45.8. The van der Waals surface area contributed by atoms with Gasteiger partial charge < -0.3 is 20.3 Å². The highest BCUT2D eigenvalue weighted by atomic mass is 16.5. The van der Waals surface area contributed by atoms with Crippen LogP contribution in [0.1, 0.15) is 303 Å². The quantitative estimate of drug-likeness (QED) is 0.0321. The Labute approximate surface area is 392 Å². The fraction of sp³-hybridized carbons (Fsp3) is 0.895. The van der Waals surface area contributed by atoms with Crippen LogP contribution in [-0.4, -0.2) is 47.4 Å². The van der Waals surface area contributed by atoms with Crippen LogP contribution < -0.4 is 5.32 Å². The highest BCUT2D eigenvalue weighted by Crippen LogP contribution is 2.17. The number of esters is 1. The van der Waals surface area contributed by atoms with Crippen molar-refractivity contribution in [1.82, 2.24) is 5.32 Å². The fourth-order valence-corrected chi connectivity index (χ4v) is 8.67. The summed E-state index contributed by atoms with van der Waals surface area (Å²) >= 11 is 0. The van der Waals surface area contributed by atoms with E-state index in [4.69, 9.17) is 4.74 Å². The van der Waals surface area contributed by atoms with Gasteiger partial charge in [-0.25, -0.2) is 0 Å². The molecule has 0 aliphatic rings. The minimum absolute atomic E-state index is 0.0000648. The maximum absolute atomic E-state index is 12.4. The molecule has 0 radical (unpaired) electrons. The minimum atomic E-state index is -0.665. The first-order valence-electron chi connectivity index (χ1n) is 28.1. The van der Waals surface area contributed by atoms with Crippen molar-refractivity contribution in [3.63, 3.8) is 0 Å². The summed E-state index contributed by atoms with van der Waals surface area (Å²) in [5.74, 6) is -0.0406. The second-order valence-electron chi connectivity index (χ2n) is 19.3. The number of hydrogen-bond acceptors (Lipinski definition) is 5. The predicted molar refractivity (Wildman–Crippen MR) is 273 cm³/mol. The van der Waals surface area contributed by atoms with Gasteiger partial charge in [0.1, 0.15) is 0 Å². The lowest BCUT2D eigenvalue weighted by Gasteiger charge is -2.22. The van der Waals surface area contributed by atoms with Crippen molar-refractivity contribution in [2.24, 2.45) is 0 Å². The number of ether oxygens (including phenoxy) is 1. The van der Waals surface area contributed by atoms with Gasteiger partial charge >= 0.3 is 5.97 Å². The van der Waals surface area contributed by atoms with Gasteiger partial charge in [0.25, 0.3) is 0 Å². The van der Waals surface area contributed by atoms with Gasteiger partial charge in [-0.1, -0.05) is 256 Å². The van der Waals surface area contributed by atoms with Crippen molar-refractivity contribution < 1.29 is 24.5 Å². The third-order valence-corrected chi connectivity index (χ3v) is 13.0. The van der Waals surface area contributed by atoms with Gasteiger partial charge in [-0.3, -0.25) is 9.59 Å². The Morgan fingerprint density at radius 3 is 1.22 bits per heavy atom. The predicted octanol–water partition coefficient (Wildman–Crippen LogP) is 17.1. The number of carbonyl (C=O) groups is 2. The van der Waals surface area contributed by atoms with Crippen molar-refractivity contribution >= 4 is 11.9 Å². The van der Waals surface area contributed by atoms with Crippen molar-refractivity contribution in [2.45, 2.75) is 315 Å². The molecule has 2 unspecified atom stereocenters. The molecule has 0 aliphatic heterocycles. The average molecular weight is 889 g/mol. The van der Waals surface area contributed by atoms with Crippen LogP contribution in [0.4, 0.5) is 0 Å². The molecule has 0 saturated heterocycles. The lowest BCUT2D eigenvalue weighted by molar-refractivity contribution is -0.143. The highest BCUT2D eigenvalue weighted by Gasteiger charge is 2.20. The Kier molecular flexibility index (Phi) is 51.6. The molecule has 372 valence electrons. The van der Waals surface area contributed by atoms with Crippen molar-refractivity contribution in [3.05, 3.63) is 24.3 Å². The third-order valence-electron chi connectivity index (χ3n) is 13.0. The van der Waals surface area contributed by atoms with Crippen LogP contribution in [0.2, 0.25) is 0 Å². The van der Waals surface area contributed by atoms with Crippen LogP contribution >= 0.6 is 0 Å². The SMILES string of the molecule is CCCCCC/C=C\C/C=C\CCCCCCCCCC(=O)OCCCCCCCCCCCCCCCCCCCCC(=O)NC(CO)C(O)CCCCCCCCCCCC. The van der Waals surface area contributed by atoms with E-state index in [0.717, 1.165) is 51.4 Å². The molecule has 0 spiro atoms. The van der Waals surface area contributed by atoms with Gasteiger partial charge in [0.05, 0.1) is 25.4 Å². The summed E-state index contributed by atoms with van der Waals surface area (Å²) in [5.41, 5.74) is 0. The molecule has 0 fully saturated rings. The summed E-state index contributed by atoms with van der Waals surface area (Å²) in [5, 5.41) is 23.1. The Morgan fingerprint density at radius 2 is 0.794 bits per heavy atom. The number of rotatable bonds is 52. The molecule has 3 N–H and O–H groups in total. The van der Waals surface area contributed by atoms with Gasteiger partial charge in [-0.2, -0.15) is 0 Å². The third kappa shape index (κ3) is 49.6. The molecule has 0 aromatic heterocycles. The first-order valence-corrected chi connectivity index (χ1v) is 28.1. The standard InChI is InChI=1S/C57H109NO5/c1-3-5-7-9-11-13-15-16-17-18-22-25-28-31-35-39-43-47-51-57(62)63-52-48-44-40-36-32-29-26-23-20-19-21-24-27-30-34-38-42-46-50-56(61)58-54(53-59)55(60)49-45-41-37-33-14-12-10-8-6-4-2/h13,15,17-18,54-55,59-60H,3-12,14,16,19-53H2,1-2H3,(H,58,61)/b15-13-,18-17-. The zero-order valence-corrected chi connectivity index (χ0v) is 42.3. The molecule has 2 atom stereocenters. The van der Waals surface area contributed by atoms with Gasteiger partial charge in [-0.05, 0) is 57.8 Å². The molecular formula is C57H109NO5. The van der Waals surface area contributed by atoms with Crippen molar-refractivity contribution in [2.75, 3.05) is 13.2 Å². The second-order valence-corrected chi connectivity index (χ2v) is 19.3. The number of allylic oxidation sites excluding steroid dienone is 4. The van der Waals surface area contributed by atoms with E-state index in [2.05, 4.69) is 43.5 Å². The number of aliphatic hydroxyl groups is 2. The van der Waals surface area contributed by atoms with Gasteiger partial charge in [-0.15, -0.1) is 0 Å². The van der Waals surface area contributed by atoms with Crippen LogP contribution in [0, 0.1) is 0 Å². The summed E-state index contributed by atoms with van der Waals surface area (Å²) < 4.78 is 5.48. The smallest absolute Gasteiger partial charge is 0.305 e. The number of amides is 1. The highest BCUT2D eigenvalue weighted by molar-refractivity contribution is 5.76. The lowest BCUT2D eigenvalue weighted by Crippen LogP contribution is -2.45. The van der Waals surface area contributed by atoms with Gasteiger partial charge in [0.15, 0.2) is 0 Å². The number of hydrogen-bond donors (Lipinski definition) is 3. The topological polar surface area (TPSA) is 95.9 Å². The molecule has 6 heteroatoms. The van der Waals surface area contributed by atoms with E-state index in [-0.39, 0.29) is 18.5 Å². The van der Waals surface area contributed by atoms with Crippen LogP contribution in [-0.2, 0) is 14.3 Å². The molecule has 6 nitrogen and oxygen atoms in total. The molecular weight excluding hydrogens is 779 g/mol. The number of nitrogens with one attached hydrogen (secondary N) is 1. The average Bonchev–Trinajstić information content (AvgIpc) is 3.28. The molecule has 1 amide bonds. The monoisotopic (exact) mass is 888 g/mol. The normalized spacial score (nSPS) is 12.8. The Bertz CT molecular complexity index is 982. The molecule has 0 aromatic rings. The molecule has 0 rings (SSSR count). The molecule has 0 bridgehead atoms. The Morgan fingerprint density at radius 1 is 0.444 bits per heavy atom. The van der Waals surface area contributed by atoms with E-state index in [9.17, 15) is 19.8 Å². The summed E-state index contributed by atoms with van der Waals surface area (Å²) in [6, 6.07) is -0.543. The summed E-state index contributed by atoms with van der Waals surface area (Å²) in [6.07, 6.45) is 63.1. The van der Waals surface area contributed by atoms with E-state index in [1.54, 1.807) is 0 Å². The summed E-state index contributed by atoms with van der Waals surface area (Å²) in [4.78, 5) is 24.5.